The molecule has 0 unspecified atom stereocenters. The normalized spacial score (nSPS) is 11.6. The van der Waals surface area contributed by atoms with Gasteiger partial charge in [0.1, 0.15) is 4.90 Å². The number of ether oxygens (including phenoxy) is 1. The number of sulfonamides is 1. The number of hydrogen-bond donors (Lipinski definition) is 2. The van der Waals surface area contributed by atoms with Crippen molar-refractivity contribution in [3.8, 4) is 0 Å². The van der Waals surface area contributed by atoms with Crippen LogP contribution in [0.4, 0.5) is 5.69 Å². The van der Waals surface area contributed by atoms with Crippen LogP contribution in [0.5, 0.6) is 0 Å². The second kappa shape index (κ2) is 7.96. The Hall–Kier alpha value is -1.64. The lowest BCUT2D eigenvalue weighted by Crippen LogP contribution is -2.39. The molecule has 0 spiro atoms. The van der Waals surface area contributed by atoms with Crippen molar-refractivity contribution >= 4 is 21.6 Å². The lowest BCUT2D eigenvalue weighted by molar-refractivity contribution is -0.121. The van der Waals surface area contributed by atoms with Gasteiger partial charge in [0.25, 0.3) is 0 Å². The van der Waals surface area contributed by atoms with Gasteiger partial charge in [-0.1, -0.05) is 12.1 Å². The molecule has 0 aliphatic carbocycles. The van der Waals surface area contributed by atoms with Crippen LogP contribution >= 0.6 is 0 Å². The summed E-state index contributed by atoms with van der Waals surface area (Å²) in [5, 5.41) is 2.63. The van der Waals surface area contributed by atoms with Gasteiger partial charge in [0.15, 0.2) is 0 Å². The van der Waals surface area contributed by atoms with Gasteiger partial charge in [0.2, 0.25) is 15.9 Å². The number of likely N-dealkylation sites (N-methyl/N-ethyl adjacent to an activating group) is 1. The summed E-state index contributed by atoms with van der Waals surface area (Å²) in [6, 6.07) is 6.15. The molecule has 1 aromatic carbocycles. The summed E-state index contributed by atoms with van der Waals surface area (Å²) in [7, 11) is -0.858. The first kappa shape index (κ1) is 17.4. The van der Waals surface area contributed by atoms with Gasteiger partial charge < -0.3 is 15.8 Å². The molecule has 0 aromatic heterocycles. The standard InChI is InChI=1S/C13H21N3O4S/c1-16(10-13(17)15-8-5-9-20-2)21(18,19)12-7-4-3-6-11(12)14/h3-4,6-7H,5,8-10,14H2,1-2H3,(H,15,17). The molecule has 1 rings (SSSR count). The summed E-state index contributed by atoms with van der Waals surface area (Å²) < 4.78 is 30.5. The third-order valence-electron chi connectivity index (χ3n) is 2.82. The fraction of sp³-hybridized carbons (Fsp3) is 0.462. The number of rotatable bonds is 8. The number of nitrogens with one attached hydrogen (secondary N) is 1. The van der Waals surface area contributed by atoms with Crippen LogP contribution in [0.3, 0.4) is 0 Å². The molecule has 0 fully saturated rings. The molecule has 8 heteroatoms. The minimum absolute atomic E-state index is 0.000294. The van der Waals surface area contributed by atoms with Crippen molar-refractivity contribution in [3.05, 3.63) is 24.3 Å². The molecule has 0 bridgehead atoms. The smallest absolute Gasteiger partial charge is 0.245 e. The molecule has 3 N–H and O–H groups in total. The summed E-state index contributed by atoms with van der Waals surface area (Å²) in [6.45, 7) is 0.715. The Balaban J connectivity index is 2.64. The predicted molar refractivity (Wildman–Crippen MR) is 80.2 cm³/mol. The van der Waals surface area contributed by atoms with E-state index in [1.807, 2.05) is 0 Å². The number of carbonyl (C=O) groups is 1. The number of benzene rings is 1. The zero-order chi connectivity index (χ0) is 15.9. The van der Waals surface area contributed by atoms with Gasteiger partial charge in [-0.2, -0.15) is 4.31 Å². The first-order chi connectivity index (χ1) is 9.89. The molecule has 1 aromatic rings. The van der Waals surface area contributed by atoms with Crippen LogP contribution in [0.2, 0.25) is 0 Å². The van der Waals surface area contributed by atoms with Crippen molar-refractivity contribution in [2.45, 2.75) is 11.3 Å². The summed E-state index contributed by atoms with van der Waals surface area (Å²) >= 11 is 0. The second-order valence-corrected chi connectivity index (χ2v) is 6.51. The molecule has 118 valence electrons. The summed E-state index contributed by atoms with van der Waals surface area (Å²) in [4.78, 5) is 11.7. The fourth-order valence-electron chi connectivity index (χ4n) is 1.67. The Morgan fingerprint density at radius 3 is 2.67 bits per heavy atom. The molecule has 0 aliphatic heterocycles. The number of nitrogen functional groups attached to an aromatic ring is 1. The highest BCUT2D eigenvalue weighted by Gasteiger charge is 2.24. The maximum absolute atomic E-state index is 12.3. The van der Waals surface area contributed by atoms with Crippen LogP contribution in [-0.4, -0.2) is 52.5 Å². The zero-order valence-electron chi connectivity index (χ0n) is 12.2. The van der Waals surface area contributed by atoms with Gasteiger partial charge in [-0.15, -0.1) is 0 Å². The van der Waals surface area contributed by atoms with E-state index < -0.39 is 10.0 Å². The third kappa shape index (κ3) is 5.00. The van der Waals surface area contributed by atoms with Crippen molar-refractivity contribution in [1.29, 1.82) is 0 Å². The van der Waals surface area contributed by atoms with Gasteiger partial charge in [-0.3, -0.25) is 4.79 Å². The average molecular weight is 315 g/mol. The maximum Gasteiger partial charge on any atom is 0.245 e. The van der Waals surface area contributed by atoms with Crippen LogP contribution in [0, 0.1) is 0 Å². The Labute approximate surface area is 125 Å². The first-order valence-corrected chi connectivity index (χ1v) is 7.90. The topological polar surface area (TPSA) is 102 Å². The highest BCUT2D eigenvalue weighted by atomic mass is 32.2. The van der Waals surface area contributed by atoms with E-state index in [9.17, 15) is 13.2 Å². The van der Waals surface area contributed by atoms with E-state index in [0.29, 0.717) is 19.6 Å². The second-order valence-electron chi connectivity index (χ2n) is 4.50. The Bertz CT molecular complexity index is 575. The number of anilines is 1. The van der Waals surface area contributed by atoms with E-state index in [2.05, 4.69) is 5.32 Å². The van der Waals surface area contributed by atoms with Crippen LogP contribution in [0.1, 0.15) is 6.42 Å². The zero-order valence-corrected chi connectivity index (χ0v) is 13.0. The third-order valence-corrected chi connectivity index (χ3v) is 4.70. The van der Waals surface area contributed by atoms with E-state index >= 15 is 0 Å². The number of methoxy groups -OCH3 is 1. The molecule has 0 saturated heterocycles. The Morgan fingerprint density at radius 2 is 2.05 bits per heavy atom. The molecule has 0 aliphatic rings. The number of amides is 1. The highest BCUT2D eigenvalue weighted by molar-refractivity contribution is 7.89. The highest BCUT2D eigenvalue weighted by Crippen LogP contribution is 2.20. The molecule has 0 heterocycles. The van der Waals surface area contributed by atoms with Crippen molar-refractivity contribution in [1.82, 2.24) is 9.62 Å². The van der Waals surface area contributed by atoms with Crippen molar-refractivity contribution in [2.24, 2.45) is 0 Å². The quantitative estimate of drug-likeness (QED) is 0.521. The van der Waals surface area contributed by atoms with E-state index in [1.54, 1.807) is 19.2 Å². The molecule has 0 saturated carbocycles. The van der Waals surface area contributed by atoms with E-state index in [1.165, 1.54) is 19.2 Å². The SMILES string of the molecule is COCCCNC(=O)CN(C)S(=O)(=O)c1ccccc1N. The van der Waals surface area contributed by atoms with Crippen molar-refractivity contribution < 1.29 is 17.9 Å². The molecule has 0 radical (unpaired) electrons. The monoisotopic (exact) mass is 315 g/mol. The van der Waals surface area contributed by atoms with Crippen LogP contribution in [0.25, 0.3) is 0 Å². The van der Waals surface area contributed by atoms with E-state index in [0.717, 1.165) is 4.31 Å². The van der Waals surface area contributed by atoms with Gasteiger partial charge in [-0.05, 0) is 18.6 Å². The van der Waals surface area contributed by atoms with Crippen LogP contribution < -0.4 is 11.1 Å². The van der Waals surface area contributed by atoms with Gasteiger partial charge >= 0.3 is 0 Å². The predicted octanol–water partition coefficient (Wildman–Crippen LogP) is 0.0420. The summed E-state index contributed by atoms with van der Waals surface area (Å²) in [5.74, 6) is -0.369. The van der Waals surface area contributed by atoms with Gasteiger partial charge in [-0.25, -0.2) is 8.42 Å². The molecule has 0 atom stereocenters. The minimum atomic E-state index is -3.78. The lowest BCUT2D eigenvalue weighted by Gasteiger charge is -2.17. The number of nitrogens with zero attached hydrogens (tertiary/aromatic N) is 1. The minimum Gasteiger partial charge on any atom is -0.398 e. The Morgan fingerprint density at radius 1 is 1.38 bits per heavy atom. The number of para-hydroxylation sites is 1. The van der Waals surface area contributed by atoms with Gasteiger partial charge in [0.05, 0.1) is 12.2 Å². The maximum atomic E-state index is 12.3. The molecule has 21 heavy (non-hydrogen) atoms. The average Bonchev–Trinajstić information content (AvgIpc) is 2.43. The number of nitrogens with two attached hydrogens (primary N) is 1. The van der Waals surface area contributed by atoms with E-state index in [-0.39, 0.29) is 23.0 Å². The van der Waals surface area contributed by atoms with Gasteiger partial charge in [0, 0.05) is 27.3 Å². The van der Waals surface area contributed by atoms with Crippen molar-refractivity contribution in [2.75, 3.05) is 39.6 Å². The number of hydrogen-bond acceptors (Lipinski definition) is 5. The number of carbonyl (C=O) groups excluding carboxylic acids is 1. The fourth-order valence-corrected chi connectivity index (χ4v) is 2.91. The first-order valence-electron chi connectivity index (χ1n) is 6.46. The Kier molecular flexibility index (Phi) is 6.60. The summed E-state index contributed by atoms with van der Waals surface area (Å²) in [6.07, 6.45) is 0.671. The van der Waals surface area contributed by atoms with Crippen molar-refractivity contribution in [3.63, 3.8) is 0 Å². The molecular weight excluding hydrogens is 294 g/mol. The largest absolute Gasteiger partial charge is 0.398 e. The molecule has 7 nitrogen and oxygen atoms in total. The van der Waals surface area contributed by atoms with Crippen LogP contribution in [-0.2, 0) is 19.6 Å². The lowest BCUT2D eigenvalue weighted by atomic mass is 10.3. The van der Waals surface area contributed by atoms with E-state index in [4.69, 9.17) is 10.5 Å². The molecular formula is C13H21N3O4S. The molecule has 1 amide bonds. The van der Waals surface area contributed by atoms with Crippen LogP contribution in [0.15, 0.2) is 29.2 Å². The summed E-state index contributed by atoms with van der Waals surface area (Å²) in [5.41, 5.74) is 5.83.